The highest BCUT2D eigenvalue weighted by molar-refractivity contribution is 7.98. The van der Waals surface area contributed by atoms with Crippen LogP contribution < -0.4 is 10.2 Å². The van der Waals surface area contributed by atoms with Crippen molar-refractivity contribution in [1.29, 1.82) is 5.26 Å². The molecule has 20 heavy (non-hydrogen) atoms. The summed E-state index contributed by atoms with van der Waals surface area (Å²) in [5.74, 6) is 1.10. The Labute approximate surface area is 124 Å². The molecule has 0 saturated heterocycles. The Morgan fingerprint density at radius 2 is 1.95 bits per heavy atom. The predicted octanol–water partition coefficient (Wildman–Crippen LogP) is 2.30. The smallest absolute Gasteiger partial charge is 0.232 e. The largest absolute Gasteiger partial charge is 0.357 e. The second-order valence-electron chi connectivity index (χ2n) is 4.96. The summed E-state index contributed by atoms with van der Waals surface area (Å²) in [6.07, 6.45) is 7.03. The molecule has 1 fully saturated rings. The average molecular weight is 292 g/mol. The first-order valence-corrected chi connectivity index (χ1v) is 8.00. The van der Waals surface area contributed by atoms with Gasteiger partial charge in [0.05, 0.1) is 6.07 Å². The third-order valence-corrected chi connectivity index (χ3v) is 4.39. The van der Waals surface area contributed by atoms with Gasteiger partial charge in [0.1, 0.15) is 5.54 Å². The Bertz CT molecular complexity index is 484. The highest BCUT2D eigenvalue weighted by atomic mass is 32.2. The zero-order chi connectivity index (χ0) is 14.6. The van der Waals surface area contributed by atoms with Gasteiger partial charge in [-0.25, -0.2) is 0 Å². The molecule has 0 unspecified atom stereocenters. The first-order valence-electron chi connectivity index (χ1n) is 6.78. The van der Waals surface area contributed by atoms with E-state index in [-0.39, 0.29) is 0 Å². The van der Waals surface area contributed by atoms with Crippen LogP contribution in [0.4, 0.5) is 11.9 Å². The molecule has 108 valence electrons. The van der Waals surface area contributed by atoms with Crippen molar-refractivity contribution in [2.75, 3.05) is 30.6 Å². The third kappa shape index (κ3) is 2.80. The Hall–Kier alpha value is -1.55. The maximum atomic E-state index is 9.64. The van der Waals surface area contributed by atoms with E-state index in [0.29, 0.717) is 17.1 Å². The number of anilines is 2. The minimum Gasteiger partial charge on any atom is -0.357 e. The summed E-state index contributed by atoms with van der Waals surface area (Å²) in [4.78, 5) is 15.0. The van der Waals surface area contributed by atoms with Gasteiger partial charge < -0.3 is 10.2 Å². The zero-order valence-electron chi connectivity index (χ0n) is 12.2. The molecular weight excluding hydrogens is 272 g/mol. The fourth-order valence-corrected chi connectivity index (χ4v) is 2.90. The lowest BCUT2D eigenvalue weighted by Gasteiger charge is -2.39. The fourth-order valence-electron chi connectivity index (χ4n) is 2.55. The standard InChI is InChI=1S/C13H20N6S/c1-15-10-16-11(18-12(17-10)20-3)19(2)13(9-14)7-5-4-6-8-13/h4-8H2,1-3H3,(H,15,16,17,18). The van der Waals surface area contributed by atoms with Gasteiger partial charge in [-0.15, -0.1) is 0 Å². The lowest BCUT2D eigenvalue weighted by Crippen LogP contribution is -2.47. The van der Waals surface area contributed by atoms with Gasteiger partial charge in [-0.1, -0.05) is 31.0 Å². The van der Waals surface area contributed by atoms with Crippen LogP contribution in [-0.4, -0.2) is 40.8 Å². The van der Waals surface area contributed by atoms with Crippen LogP contribution in [0.25, 0.3) is 0 Å². The van der Waals surface area contributed by atoms with Crippen LogP contribution in [0.3, 0.4) is 0 Å². The minimum absolute atomic E-state index is 0.486. The Morgan fingerprint density at radius 3 is 2.50 bits per heavy atom. The van der Waals surface area contributed by atoms with Crippen molar-refractivity contribution in [3.63, 3.8) is 0 Å². The normalized spacial score (nSPS) is 17.3. The third-order valence-electron chi connectivity index (χ3n) is 3.84. The summed E-state index contributed by atoms with van der Waals surface area (Å²) in [6.45, 7) is 0. The van der Waals surface area contributed by atoms with Crippen molar-refractivity contribution in [2.45, 2.75) is 42.8 Å². The molecule has 1 N–H and O–H groups in total. The summed E-state index contributed by atoms with van der Waals surface area (Å²) in [5.41, 5.74) is -0.486. The van der Waals surface area contributed by atoms with Gasteiger partial charge in [-0.05, 0) is 19.1 Å². The van der Waals surface area contributed by atoms with E-state index < -0.39 is 5.54 Å². The van der Waals surface area contributed by atoms with Crippen molar-refractivity contribution in [3.05, 3.63) is 0 Å². The second kappa shape index (κ2) is 6.27. The Kier molecular flexibility index (Phi) is 4.65. The van der Waals surface area contributed by atoms with Gasteiger partial charge in [0, 0.05) is 14.1 Å². The molecule has 1 aliphatic rings. The van der Waals surface area contributed by atoms with Crippen LogP contribution in [-0.2, 0) is 0 Å². The zero-order valence-corrected chi connectivity index (χ0v) is 13.0. The van der Waals surface area contributed by atoms with Gasteiger partial charge >= 0.3 is 0 Å². The summed E-state index contributed by atoms with van der Waals surface area (Å²) < 4.78 is 0. The maximum Gasteiger partial charge on any atom is 0.232 e. The molecule has 1 aromatic heterocycles. The van der Waals surface area contributed by atoms with Gasteiger partial charge in [-0.3, -0.25) is 0 Å². The van der Waals surface area contributed by atoms with E-state index in [4.69, 9.17) is 0 Å². The fraction of sp³-hybridized carbons (Fsp3) is 0.692. The lowest BCUT2D eigenvalue weighted by molar-refractivity contribution is 0.349. The molecule has 0 aliphatic heterocycles. The van der Waals surface area contributed by atoms with Gasteiger partial charge in [0.25, 0.3) is 0 Å². The van der Waals surface area contributed by atoms with Crippen molar-refractivity contribution < 1.29 is 0 Å². The van der Waals surface area contributed by atoms with E-state index in [0.717, 1.165) is 25.7 Å². The summed E-state index contributed by atoms with van der Waals surface area (Å²) >= 11 is 1.47. The summed E-state index contributed by atoms with van der Waals surface area (Å²) in [5, 5.41) is 13.2. The van der Waals surface area contributed by atoms with E-state index in [9.17, 15) is 5.26 Å². The van der Waals surface area contributed by atoms with Crippen molar-refractivity contribution in [2.24, 2.45) is 0 Å². The molecule has 7 heteroatoms. The number of thioether (sulfide) groups is 1. The SMILES string of the molecule is CNc1nc(SC)nc(N(C)C2(C#N)CCCCC2)n1. The second-order valence-corrected chi connectivity index (χ2v) is 5.73. The van der Waals surface area contributed by atoms with Gasteiger partial charge in [-0.2, -0.15) is 20.2 Å². The molecule has 0 bridgehead atoms. The molecular formula is C13H20N6S. The topological polar surface area (TPSA) is 77.7 Å². The van der Waals surface area contributed by atoms with Crippen LogP contribution >= 0.6 is 11.8 Å². The molecule has 1 saturated carbocycles. The first kappa shape index (κ1) is 14.9. The molecule has 0 aromatic carbocycles. The van der Waals surface area contributed by atoms with E-state index in [1.54, 1.807) is 7.05 Å². The van der Waals surface area contributed by atoms with E-state index in [1.807, 2.05) is 18.2 Å². The first-order chi connectivity index (χ1) is 9.65. The molecule has 0 atom stereocenters. The monoisotopic (exact) mass is 292 g/mol. The highest BCUT2D eigenvalue weighted by Crippen LogP contribution is 2.34. The quantitative estimate of drug-likeness (QED) is 0.853. The average Bonchev–Trinajstić information content (AvgIpc) is 2.54. The summed E-state index contributed by atoms with van der Waals surface area (Å²) in [7, 11) is 3.69. The molecule has 1 aromatic rings. The number of nitriles is 1. The number of hydrogen-bond acceptors (Lipinski definition) is 7. The highest BCUT2D eigenvalue weighted by Gasteiger charge is 2.38. The molecule has 6 nitrogen and oxygen atoms in total. The van der Waals surface area contributed by atoms with Crippen molar-refractivity contribution in [3.8, 4) is 6.07 Å². The molecule has 2 rings (SSSR count). The van der Waals surface area contributed by atoms with E-state index in [2.05, 4.69) is 26.3 Å². The number of hydrogen-bond donors (Lipinski definition) is 1. The number of rotatable bonds is 4. The summed E-state index contributed by atoms with van der Waals surface area (Å²) in [6, 6.07) is 2.49. The van der Waals surface area contributed by atoms with Gasteiger partial charge in [0.15, 0.2) is 5.16 Å². The van der Waals surface area contributed by atoms with E-state index >= 15 is 0 Å². The van der Waals surface area contributed by atoms with Crippen LogP contribution in [0.5, 0.6) is 0 Å². The molecule has 1 heterocycles. The molecule has 0 spiro atoms. The number of nitrogens with zero attached hydrogens (tertiary/aromatic N) is 5. The van der Waals surface area contributed by atoms with Crippen molar-refractivity contribution in [1.82, 2.24) is 15.0 Å². The Balaban J connectivity index is 2.36. The number of nitrogens with one attached hydrogen (secondary N) is 1. The lowest BCUT2D eigenvalue weighted by atomic mass is 9.82. The van der Waals surface area contributed by atoms with Crippen molar-refractivity contribution >= 4 is 23.7 Å². The van der Waals surface area contributed by atoms with Crippen LogP contribution in [0, 0.1) is 11.3 Å². The molecule has 0 radical (unpaired) electrons. The molecule has 0 amide bonds. The van der Waals surface area contributed by atoms with Crippen LogP contribution in [0.1, 0.15) is 32.1 Å². The van der Waals surface area contributed by atoms with E-state index in [1.165, 1.54) is 18.2 Å². The number of aromatic nitrogens is 3. The van der Waals surface area contributed by atoms with Crippen LogP contribution in [0.2, 0.25) is 0 Å². The van der Waals surface area contributed by atoms with Gasteiger partial charge in [0.2, 0.25) is 11.9 Å². The minimum atomic E-state index is -0.486. The Morgan fingerprint density at radius 1 is 1.25 bits per heavy atom. The van der Waals surface area contributed by atoms with Crippen LogP contribution in [0.15, 0.2) is 5.16 Å². The predicted molar refractivity (Wildman–Crippen MR) is 81.0 cm³/mol. The maximum absolute atomic E-state index is 9.64. The molecule has 1 aliphatic carbocycles.